The summed E-state index contributed by atoms with van der Waals surface area (Å²) in [5, 5.41) is 3.42. The second-order valence-corrected chi connectivity index (χ2v) is 7.26. The molecule has 2 aliphatic heterocycles. The van der Waals surface area contributed by atoms with Gasteiger partial charge in [0.15, 0.2) is 0 Å². The number of benzene rings is 1. The van der Waals surface area contributed by atoms with Crippen molar-refractivity contribution in [3.63, 3.8) is 0 Å². The summed E-state index contributed by atoms with van der Waals surface area (Å²) in [5.74, 6) is 1.81. The van der Waals surface area contributed by atoms with Crippen molar-refractivity contribution in [2.24, 2.45) is 0 Å². The Labute approximate surface area is 154 Å². The molecule has 6 heteroatoms. The van der Waals surface area contributed by atoms with Crippen molar-refractivity contribution < 1.29 is 4.79 Å². The molecule has 1 amide bonds. The van der Waals surface area contributed by atoms with Crippen molar-refractivity contribution in [2.45, 2.75) is 32.7 Å². The van der Waals surface area contributed by atoms with Crippen LogP contribution in [0, 0.1) is 6.92 Å². The molecular formula is C20H25N5O. The van der Waals surface area contributed by atoms with Crippen LogP contribution in [0.2, 0.25) is 0 Å². The van der Waals surface area contributed by atoms with Gasteiger partial charge >= 0.3 is 0 Å². The fourth-order valence-electron chi connectivity index (χ4n) is 3.93. The van der Waals surface area contributed by atoms with Gasteiger partial charge in [-0.15, -0.1) is 0 Å². The fourth-order valence-corrected chi connectivity index (χ4v) is 3.93. The number of nitrogens with zero attached hydrogens (tertiary/aromatic N) is 4. The van der Waals surface area contributed by atoms with E-state index in [1.54, 1.807) is 0 Å². The second kappa shape index (κ2) is 6.59. The van der Waals surface area contributed by atoms with E-state index in [2.05, 4.69) is 21.4 Å². The Kier molecular flexibility index (Phi) is 4.26. The van der Waals surface area contributed by atoms with E-state index < -0.39 is 0 Å². The third-order valence-electron chi connectivity index (χ3n) is 5.17. The standard InChI is InChI=1S/C20H25N5O/c1-13-22-17-12-25(11-9-15(17)19(23-13)24(2)3)20(26)16-8-4-6-14-7-5-10-21-18(14)16/h4,6,8,21H,5,7,9-12H2,1-3H3. The van der Waals surface area contributed by atoms with E-state index in [1.165, 1.54) is 5.56 Å². The number of para-hydroxylation sites is 1. The summed E-state index contributed by atoms with van der Waals surface area (Å²) in [7, 11) is 4.00. The number of rotatable bonds is 2. The minimum absolute atomic E-state index is 0.0876. The number of carbonyl (C=O) groups is 1. The van der Waals surface area contributed by atoms with Gasteiger partial charge in [0.25, 0.3) is 5.91 Å². The number of fused-ring (bicyclic) bond motifs is 2. The number of aromatic nitrogens is 2. The average molecular weight is 351 g/mol. The summed E-state index contributed by atoms with van der Waals surface area (Å²) in [4.78, 5) is 26.4. The van der Waals surface area contributed by atoms with Gasteiger partial charge in [-0.2, -0.15) is 0 Å². The first-order valence-electron chi connectivity index (χ1n) is 9.23. The first-order chi connectivity index (χ1) is 12.5. The van der Waals surface area contributed by atoms with Gasteiger partial charge in [0.1, 0.15) is 11.6 Å². The van der Waals surface area contributed by atoms with Crippen molar-refractivity contribution in [3.8, 4) is 0 Å². The van der Waals surface area contributed by atoms with Crippen LogP contribution in [0.4, 0.5) is 11.5 Å². The smallest absolute Gasteiger partial charge is 0.256 e. The molecule has 26 heavy (non-hydrogen) atoms. The molecule has 3 heterocycles. The van der Waals surface area contributed by atoms with E-state index in [0.29, 0.717) is 13.1 Å². The molecule has 0 unspecified atom stereocenters. The molecule has 1 N–H and O–H groups in total. The van der Waals surface area contributed by atoms with Crippen LogP contribution >= 0.6 is 0 Å². The molecule has 0 aliphatic carbocycles. The van der Waals surface area contributed by atoms with Crippen molar-refractivity contribution in [3.05, 3.63) is 46.4 Å². The van der Waals surface area contributed by atoms with Crippen LogP contribution in [0.3, 0.4) is 0 Å². The highest BCUT2D eigenvalue weighted by Crippen LogP contribution is 2.30. The SMILES string of the molecule is Cc1nc2c(c(N(C)C)n1)CCN(C(=O)c1cccc3c1NCCC3)C2. The molecule has 2 aromatic rings. The van der Waals surface area contributed by atoms with Crippen LogP contribution in [-0.2, 0) is 19.4 Å². The van der Waals surface area contributed by atoms with Gasteiger partial charge < -0.3 is 15.1 Å². The van der Waals surface area contributed by atoms with E-state index in [0.717, 1.165) is 60.0 Å². The minimum atomic E-state index is 0.0876. The molecule has 0 atom stereocenters. The maximum atomic E-state index is 13.2. The van der Waals surface area contributed by atoms with E-state index in [-0.39, 0.29) is 5.91 Å². The number of anilines is 2. The number of aryl methyl sites for hydroxylation is 2. The average Bonchev–Trinajstić information content (AvgIpc) is 2.65. The quantitative estimate of drug-likeness (QED) is 0.900. The topological polar surface area (TPSA) is 61.4 Å². The molecule has 0 fully saturated rings. The van der Waals surface area contributed by atoms with Crippen molar-refractivity contribution in [1.29, 1.82) is 0 Å². The number of hydrogen-bond donors (Lipinski definition) is 1. The summed E-state index contributed by atoms with van der Waals surface area (Å²) in [5.41, 5.74) is 5.18. The summed E-state index contributed by atoms with van der Waals surface area (Å²) >= 11 is 0. The monoisotopic (exact) mass is 351 g/mol. The zero-order valence-electron chi connectivity index (χ0n) is 15.7. The maximum absolute atomic E-state index is 13.2. The maximum Gasteiger partial charge on any atom is 0.256 e. The number of carbonyl (C=O) groups excluding carboxylic acids is 1. The van der Waals surface area contributed by atoms with Crippen molar-refractivity contribution in [1.82, 2.24) is 14.9 Å². The number of nitrogens with one attached hydrogen (secondary N) is 1. The van der Waals surface area contributed by atoms with Crippen LogP contribution in [0.5, 0.6) is 0 Å². The number of hydrogen-bond acceptors (Lipinski definition) is 5. The Morgan fingerprint density at radius 2 is 2.08 bits per heavy atom. The summed E-state index contributed by atoms with van der Waals surface area (Å²) in [6.07, 6.45) is 2.94. The van der Waals surface area contributed by atoms with E-state index >= 15 is 0 Å². The van der Waals surface area contributed by atoms with E-state index in [4.69, 9.17) is 0 Å². The third-order valence-corrected chi connectivity index (χ3v) is 5.17. The van der Waals surface area contributed by atoms with Crippen molar-refractivity contribution >= 4 is 17.4 Å². The lowest BCUT2D eigenvalue weighted by molar-refractivity contribution is 0.0732. The van der Waals surface area contributed by atoms with Crippen molar-refractivity contribution in [2.75, 3.05) is 37.4 Å². The number of amides is 1. The molecule has 0 radical (unpaired) electrons. The predicted molar refractivity (Wildman–Crippen MR) is 103 cm³/mol. The molecule has 0 saturated heterocycles. The molecule has 136 valence electrons. The van der Waals surface area contributed by atoms with Gasteiger partial charge in [0, 0.05) is 32.7 Å². The summed E-state index contributed by atoms with van der Waals surface area (Å²) < 4.78 is 0. The van der Waals surface area contributed by atoms with Crippen LogP contribution in [-0.4, -0.2) is 48.0 Å². The largest absolute Gasteiger partial charge is 0.384 e. The van der Waals surface area contributed by atoms with Gasteiger partial charge in [0.2, 0.25) is 0 Å². The highest BCUT2D eigenvalue weighted by molar-refractivity contribution is 6.00. The minimum Gasteiger partial charge on any atom is -0.384 e. The van der Waals surface area contributed by atoms with Crippen LogP contribution < -0.4 is 10.2 Å². The zero-order chi connectivity index (χ0) is 18.3. The molecule has 4 rings (SSSR count). The molecule has 2 aliphatic rings. The van der Waals surface area contributed by atoms with Gasteiger partial charge in [0.05, 0.1) is 23.5 Å². The molecule has 0 saturated carbocycles. The lowest BCUT2D eigenvalue weighted by Gasteiger charge is -2.31. The first kappa shape index (κ1) is 16.8. The zero-order valence-corrected chi connectivity index (χ0v) is 15.7. The van der Waals surface area contributed by atoms with Gasteiger partial charge in [-0.3, -0.25) is 4.79 Å². The Bertz CT molecular complexity index is 862. The van der Waals surface area contributed by atoms with Gasteiger partial charge in [-0.1, -0.05) is 12.1 Å². The highest BCUT2D eigenvalue weighted by atomic mass is 16.2. The molecule has 0 spiro atoms. The molecule has 1 aromatic heterocycles. The Balaban J connectivity index is 1.65. The predicted octanol–water partition coefficient (Wildman–Crippen LogP) is 2.41. The van der Waals surface area contributed by atoms with Crippen LogP contribution in [0.15, 0.2) is 18.2 Å². The third kappa shape index (κ3) is 2.89. The normalized spacial score (nSPS) is 15.7. The molecule has 1 aromatic carbocycles. The Morgan fingerprint density at radius 1 is 1.23 bits per heavy atom. The Morgan fingerprint density at radius 3 is 2.88 bits per heavy atom. The molecule has 6 nitrogen and oxygen atoms in total. The highest BCUT2D eigenvalue weighted by Gasteiger charge is 2.28. The van der Waals surface area contributed by atoms with Crippen LogP contribution in [0.25, 0.3) is 0 Å². The summed E-state index contributed by atoms with van der Waals surface area (Å²) in [6.45, 7) is 4.08. The second-order valence-electron chi connectivity index (χ2n) is 7.26. The van der Waals surface area contributed by atoms with Crippen LogP contribution in [0.1, 0.15) is 39.4 Å². The summed E-state index contributed by atoms with van der Waals surface area (Å²) in [6, 6.07) is 6.04. The first-order valence-corrected chi connectivity index (χ1v) is 9.23. The van der Waals surface area contributed by atoms with E-state index in [9.17, 15) is 4.79 Å². The lowest BCUT2D eigenvalue weighted by Crippen LogP contribution is -2.38. The molecule has 0 bridgehead atoms. The molecular weight excluding hydrogens is 326 g/mol. The van der Waals surface area contributed by atoms with E-state index in [1.807, 2.05) is 43.0 Å². The fraction of sp³-hybridized carbons (Fsp3) is 0.450. The lowest BCUT2D eigenvalue weighted by atomic mass is 9.97. The van der Waals surface area contributed by atoms with Gasteiger partial charge in [-0.05, 0) is 37.8 Å². The Hall–Kier alpha value is -2.63. The van der Waals surface area contributed by atoms with Gasteiger partial charge in [-0.25, -0.2) is 9.97 Å².